The fraction of sp³-hybridized carbons (Fsp3) is 0.0909. The molecule has 2 aromatic carbocycles. The Hall–Kier alpha value is -3.68. The highest BCUT2D eigenvalue weighted by Crippen LogP contribution is 2.35. The summed E-state index contributed by atoms with van der Waals surface area (Å²) in [6, 6.07) is 12.7. The third kappa shape index (κ3) is 5.77. The second kappa shape index (κ2) is 9.85. The molecule has 0 saturated heterocycles. The second-order valence-corrected chi connectivity index (χ2v) is 7.83. The van der Waals surface area contributed by atoms with Crippen LogP contribution < -0.4 is 10.2 Å². The number of aromatic nitrogens is 1. The number of rotatable bonds is 5. The topological polar surface area (TPSA) is 86.1 Å². The van der Waals surface area contributed by atoms with Gasteiger partial charge < -0.3 is 5.32 Å². The van der Waals surface area contributed by atoms with E-state index in [0.717, 1.165) is 29.5 Å². The van der Waals surface area contributed by atoms with Crippen LogP contribution in [0.2, 0.25) is 5.02 Å². The van der Waals surface area contributed by atoms with Gasteiger partial charge in [-0.1, -0.05) is 29.8 Å². The zero-order chi connectivity index (χ0) is 24.2. The molecule has 0 aliphatic heterocycles. The highest BCUT2D eigenvalue weighted by molar-refractivity contribution is 7.14. The van der Waals surface area contributed by atoms with Gasteiger partial charge in [-0.05, 0) is 36.4 Å². The smallest absolute Gasteiger partial charge is 0.321 e. The summed E-state index contributed by atoms with van der Waals surface area (Å²) in [5, 5.41) is 13.7. The molecule has 1 N–H and O–H groups in total. The van der Waals surface area contributed by atoms with Crippen molar-refractivity contribution in [3.05, 3.63) is 75.8 Å². The summed E-state index contributed by atoms with van der Waals surface area (Å²) in [7, 11) is 0. The normalized spacial score (nSPS) is 11.6. The van der Waals surface area contributed by atoms with Gasteiger partial charge in [0, 0.05) is 17.3 Å². The quantitative estimate of drug-likeness (QED) is 0.348. The van der Waals surface area contributed by atoms with E-state index in [1.807, 2.05) is 0 Å². The molecule has 3 rings (SSSR count). The van der Waals surface area contributed by atoms with Crippen LogP contribution in [0.4, 0.5) is 29.7 Å². The van der Waals surface area contributed by atoms with Gasteiger partial charge in [-0.3, -0.25) is 14.5 Å². The van der Waals surface area contributed by atoms with Crippen LogP contribution in [-0.2, 0) is 15.8 Å². The average Bonchev–Trinajstić information content (AvgIpc) is 3.19. The number of thiazole rings is 1. The number of anilines is 3. The molecule has 11 heteroatoms. The Morgan fingerprint density at radius 1 is 1.21 bits per heavy atom. The Kier molecular flexibility index (Phi) is 7.16. The molecule has 2 amide bonds. The second-order valence-electron chi connectivity index (χ2n) is 6.56. The molecule has 0 unspecified atom stereocenters. The predicted octanol–water partition coefficient (Wildman–Crippen LogP) is 6.05. The zero-order valence-electron chi connectivity index (χ0n) is 16.9. The molecule has 6 nitrogen and oxygen atoms in total. The third-order valence-corrected chi connectivity index (χ3v) is 5.30. The average molecular weight is 491 g/mol. The van der Waals surface area contributed by atoms with Crippen molar-refractivity contribution in [2.45, 2.75) is 13.1 Å². The lowest BCUT2D eigenvalue weighted by atomic mass is 10.1. The minimum atomic E-state index is -4.68. The van der Waals surface area contributed by atoms with Crippen LogP contribution in [0.3, 0.4) is 0 Å². The van der Waals surface area contributed by atoms with Crippen LogP contribution in [0, 0.1) is 11.3 Å². The molecular weight excluding hydrogens is 477 g/mol. The van der Waals surface area contributed by atoms with Crippen LogP contribution in [0.15, 0.2) is 59.5 Å². The van der Waals surface area contributed by atoms with Crippen LogP contribution in [0.1, 0.15) is 18.2 Å². The molecular formula is C22H14ClF3N4O2S. The summed E-state index contributed by atoms with van der Waals surface area (Å²) < 4.78 is 39.5. The zero-order valence-corrected chi connectivity index (χ0v) is 18.4. The Morgan fingerprint density at radius 3 is 2.58 bits per heavy atom. The van der Waals surface area contributed by atoms with Gasteiger partial charge in [-0.15, -0.1) is 11.3 Å². The van der Waals surface area contributed by atoms with E-state index in [1.165, 1.54) is 29.3 Å². The largest absolute Gasteiger partial charge is 0.418 e. The first-order valence-electron chi connectivity index (χ1n) is 9.21. The van der Waals surface area contributed by atoms with Crippen LogP contribution in [0.5, 0.6) is 0 Å². The summed E-state index contributed by atoms with van der Waals surface area (Å²) in [6.45, 7) is 1.34. The minimum Gasteiger partial charge on any atom is -0.321 e. The molecule has 0 atom stereocenters. The molecule has 0 aliphatic carbocycles. The third-order valence-electron chi connectivity index (χ3n) is 4.22. The maximum Gasteiger partial charge on any atom is 0.418 e. The first-order valence-corrected chi connectivity index (χ1v) is 10.5. The van der Waals surface area contributed by atoms with Crippen LogP contribution >= 0.6 is 22.9 Å². The van der Waals surface area contributed by atoms with E-state index in [-0.39, 0.29) is 16.7 Å². The first kappa shape index (κ1) is 24.0. The lowest BCUT2D eigenvalue weighted by Crippen LogP contribution is -2.22. The number of carbonyl (C=O) groups is 2. The number of halogens is 4. The van der Waals surface area contributed by atoms with E-state index in [4.69, 9.17) is 11.6 Å². The predicted molar refractivity (Wildman–Crippen MR) is 120 cm³/mol. The molecule has 3 aromatic rings. The molecule has 0 bridgehead atoms. The standard InChI is InChI=1S/C22H14ClF3N4O2S/c1-13(31)30(17-6-4-5-15(23)10-17)21-28-16(12-33-21)9-14(11-27)20(32)29-19-8-3-2-7-18(19)22(24,25)26/h2-10,12H,1H3,(H,29,32)/b14-9-. The summed E-state index contributed by atoms with van der Waals surface area (Å²) in [5.74, 6) is -1.37. The van der Waals surface area contributed by atoms with E-state index < -0.39 is 28.9 Å². The number of amides is 2. The molecule has 0 fully saturated rings. The molecule has 0 spiro atoms. The van der Waals surface area contributed by atoms with Gasteiger partial charge in [0.1, 0.15) is 11.6 Å². The Labute approximate surface area is 195 Å². The molecule has 0 aliphatic rings. The molecule has 1 heterocycles. The van der Waals surface area contributed by atoms with Gasteiger partial charge in [0.2, 0.25) is 5.91 Å². The lowest BCUT2D eigenvalue weighted by molar-refractivity contribution is -0.137. The van der Waals surface area contributed by atoms with Crippen molar-refractivity contribution in [3.8, 4) is 6.07 Å². The van der Waals surface area contributed by atoms with Gasteiger partial charge in [0.25, 0.3) is 5.91 Å². The van der Waals surface area contributed by atoms with Crippen LogP contribution in [0.25, 0.3) is 6.08 Å². The van der Waals surface area contributed by atoms with Crippen molar-refractivity contribution >= 4 is 57.3 Å². The number of nitriles is 1. The Morgan fingerprint density at radius 2 is 1.94 bits per heavy atom. The molecule has 0 saturated carbocycles. The number of benzene rings is 2. The highest BCUT2D eigenvalue weighted by atomic mass is 35.5. The number of nitrogens with zero attached hydrogens (tertiary/aromatic N) is 3. The Balaban J connectivity index is 1.88. The number of nitrogens with one attached hydrogen (secondary N) is 1. The van der Waals surface area contributed by atoms with Crippen molar-refractivity contribution in [2.24, 2.45) is 0 Å². The fourth-order valence-corrected chi connectivity index (χ4v) is 3.84. The van der Waals surface area contributed by atoms with E-state index in [2.05, 4.69) is 10.3 Å². The van der Waals surface area contributed by atoms with Crippen molar-refractivity contribution < 1.29 is 22.8 Å². The van der Waals surface area contributed by atoms with E-state index in [1.54, 1.807) is 30.3 Å². The van der Waals surface area contributed by atoms with Gasteiger partial charge in [0.15, 0.2) is 5.13 Å². The highest BCUT2D eigenvalue weighted by Gasteiger charge is 2.33. The van der Waals surface area contributed by atoms with Crippen molar-refractivity contribution in [1.29, 1.82) is 5.26 Å². The monoisotopic (exact) mass is 490 g/mol. The van der Waals surface area contributed by atoms with E-state index in [9.17, 15) is 28.0 Å². The van der Waals surface area contributed by atoms with Gasteiger partial charge >= 0.3 is 6.18 Å². The SMILES string of the molecule is CC(=O)N(c1cccc(Cl)c1)c1nc(/C=C(/C#N)C(=O)Nc2ccccc2C(F)(F)F)cs1. The molecule has 1 aromatic heterocycles. The van der Waals surface area contributed by atoms with Gasteiger partial charge in [-0.25, -0.2) is 4.98 Å². The van der Waals surface area contributed by atoms with Crippen molar-refractivity contribution in [2.75, 3.05) is 10.2 Å². The molecule has 33 heavy (non-hydrogen) atoms. The number of para-hydroxylation sites is 1. The van der Waals surface area contributed by atoms with Crippen LogP contribution in [-0.4, -0.2) is 16.8 Å². The van der Waals surface area contributed by atoms with Crippen molar-refractivity contribution in [3.63, 3.8) is 0 Å². The first-order chi connectivity index (χ1) is 15.6. The Bertz CT molecular complexity index is 1280. The van der Waals surface area contributed by atoms with E-state index in [0.29, 0.717) is 10.7 Å². The lowest BCUT2D eigenvalue weighted by Gasteiger charge is -2.18. The number of hydrogen-bond acceptors (Lipinski definition) is 5. The number of hydrogen-bond donors (Lipinski definition) is 1. The van der Waals surface area contributed by atoms with Crippen molar-refractivity contribution in [1.82, 2.24) is 4.98 Å². The summed E-state index contributed by atoms with van der Waals surface area (Å²) in [6.07, 6.45) is -3.55. The maximum absolute atomic E-state index is 13.2. The summed E-state index contributed by atoms with van der Waals surface area (Å²) in [4.78, 5) is 30.2. The van der Waals surface area contributed by atoms with Gasteiger partial charge in [0.05, 0.1) is 22.6 Å². The molecule has 168 valence electrons. The molecule has 0 radical (unpaired) electrons. The number of carbonyl (C=O) groups excluding carboxylic acids is 2. The van der Waals surface area contributed by atoms with E-state index >= 15 is 0 Å². The number of alkyl halides is 3. The minimum absolute atomic E-state index is 0.180. The summed E-state index contributed by atoms with van der Waals surface area (Å²) >= 11 is 7.08. The summed E-state index contributed by atoms with van der Waals surface area (Å²) in [5.41, 5.74) is -1.31. The fourth-order valence-electron chi connectivity index (χ4n) is 2.81. The maximum atomic E-state index is 13.2. The van der Waals surface area contributed by atoms with Gasteiger partial charge in [-0.2, -0.15) is 18.4 Å².